The van der Waals surface area contributed by atoms with Crippen LogP contribution in [0.2, 0.25) is 0 Å². The quantitative estimate of drug-likeness (QED) is 0.116. The second-order valence-electron chi connectivity index (χ2n) is 14.6. The fourth-order valence-electron chi connectivity index (χ4n) is 8.03. The standard InChI is InChI=1S/C42H46N4O9/c1-4-22(2)40(52)54-31-18-29-36(51)33-30(50)17-26(20-47)53-38(33)34(37(29)55-41(31,3)13-10-23-8-9-32(43)46-19-23)35-27-12-15-45-39(44)28(27)11-14-42(35,21-48)24-6-5-7-25(49)16-24/h4-9,11-12,14,16-17,19,31-32,35,45-49,51H,10,13,15,18,20-21,43-44H2,1-3H3/b22-4-/t31-,32?,35+,41+,42-/m1/s1. The van der Waals surface area contributed by atoms with Crippen LogP contribution in [0.25, 0.3) is 11.0 Å². The molecule has 0 saturated heterocycles. The molecule has 3 aromatic rings. The summed E-state index contributed by atoms with van der Waals surface area (Å²) in [4.78, 5) is 27.3. The number of aromatic hydroxyl groups is 2. The van der Waals surface area contributed by atoms with Gasteiger partial charge in [-0.15, -0.1) is 0 Å². The van der Waals surface area contributed by atoms with Crippen LogP contribution in [0.15, 0.2) is 110 Å². The molecule has 0 spiro atoms. The Bertz CT molecular complexity index is 2320. The van der Waals surface area contributed by atoms with E-state index >= 15 is 0 Å². The molecule has 5 atom stereocenters. The Kier molecular flexibility index (Phi) is 9.88. The van der Waals surface area contributed by atoms with Crippen LogP contribution < -0.4 is 32.3 Å². The lowest BCUT2D eigenvalue weighted by Crippen LogP contribution is -2.52. The van der Waals surface area contributed by atoms with Crippen LogP contribution in [0, 0.1) is 0 Å². The molecule has 1 aliphatic carbocycles. The molecular weight excluding hydrogens is 704 g/mol. The van der Waals surface area contributed by atoms with Crippen molar-refractivity contribution < 1.29 is 39.1 Å². The van der Waals surface area contributed by atoms with Gasteiger partial charge in [-0.3, -0.25) is 4.79 Å². The molecule has 0 fully saturated rings. The Morgan fingerprint density at radius 2 is 1.98 bits per heavy atom. The average Bonchev–Trinajstić information content (AvgIpc) is 3.18. The number of aliphatic hydroxyl groups is 2. The third-order valence-electron chi connectivity index (χ3n) is 11.3. The van der Waals surface area contributed by atoms with Crippen molar-refractivity contribution in [2.24, 2.45) is 11.5 Å². The summed E-state index contributed by atoms with van der Waals surface area (Å²) in [6.07, 6.45) is 12.3. The number of phenols is 2. The normalized spacial score (nSPS) is 25.9. The summed E-state index contributed by atoms with van der Waals surface area (Å²) in [7, 11) is 0. The Hall–Kier alpha value is -5.76. The molecule has 4 aliphatic rings. The SMILES string of the molecule is C/C=C(/C)C(=O)O[C@@H]1Cc2c(c([C@@H]3C4=CCNC(N)=C4C=C[C@@]3(CO)c3cccc(O)c3)c3oc(CO)cc(=O)c3c2O)O[C@@]1(C)CCC1=CNC(N)C=C1. The molecule has 0 radical (unpaired) electrons. The highest BCUT2D eigenvalue weighted by molar-refractivity contribution is 5.92. The van der Waals surface area contributed by atoms with Crippen molar-refractivity contribution in [2.45, 2.75) is 75.8 Å². The van der Waals surface area contributed by atoms with Gasteiger partial charge in [-0.2, -0.15) is 0 Å². The van der Waals surface area contributed by atoms with Gasteiger partial charge in [0.25, 0.3) is 0 Å². The molecule has 0 amide bonds. The van der Waals surface area contributed by atoms with Crippen molar-refractivity contribution in [1.82, 2.24) is 10.6 Å². The third kappa shape index (κ3) is 6.47. The fourth-order valence-corrected chi connectivity index (χ4v) is 8.03. The van der Waals surface area contributed by atoms with Crippen LogP contribution in [0.1, 0.15) is 62.0 Å². The van der Waals surface area contributed by atoms with Crippen molar-refractivity contribution in [1.29, 1.82) is 0 Å². The number of carbonyl (C=O) groups excluding carboxylic acids is 1. The molecule has 4 heterocycles. The Morgan fingerprint density at radius 3 is 2.67 bits per heavy atom. The van der Waals surface area contributed by atoms with Crippen LogP contribution in [0.4, 0.5) is 0 Å². The maximum Gasteiger partial charge on any atom is 0.333 e. The number of esters is 1. The van der Waals surface area contributed by atoms with Crippen LogP contribution in [0.5, 0.6) is 17.2 Å². The minimum Gasteiger partial charge on any atom is -0.508 e. The van der Waals surface area contributed by atoms with Gasteiger partial charge in [0.05, 0.1) is 12.8 Å². The van der Waals surface area contributed by atoms with E-state index in [1.54, 1.807) is 38.1 Å². The summed E-state index contributed by atoms with van der Waals surface area (Å²) in [5.41, 5.74) is 13.0. The number of fused-ring (bicyclic) bond motifs is 3. The number of aliphatic hydroxyl groups excluding tert-OH is 2. The number of ether oxygens (including phenoxy) is 2. The molecule has 7 rings (SSSR count). The molecule has 1 aromatic heterocycles. The van der Waals surface area contributed by atoms with Gasteiger partial charge in [0.2, 0.25) is 0 Å². The number of carbonyl (C=O) groups is 1. The van der Waals surface area contributed by atoms with Crippen LogP contribution >= 0.6 is 0 Å². The summed E-state index contributed by atoms with van der Waals surface area (Å²) in [5.74, 6) is -1.41. The number of dihydropyridines is 2. The zero-order chi connectivity index (χ0) is 39.2. The third-order valence-corrected chi connectivity index (χ3v) is 11.3. The lowest BCUT2D eigenvalue weighted by atomic mass is 9.60. The van der Waals surface area contributed by atoms with Crippen LogP contribution in [-0.4, -0.2) is 57.4 Å². The predicted molar refractivity (Wildman–Crippen MR) is 206 cm³/mol. The molecule has 288 valence electrons. The van der Waals surface area contributed by atoms with E-state index in [0.29, 0.717) is 53.1 Å². The second kappa shape index (κ2) is 14.5. The van der Waals surface area contributed by atoms with E-state index in [1.165, 1.54) is 6.07 Å². The molecule has 55 heavy (non-hydrogen) atoms. The molecule has 13 nitrogen and oxygen atoms in total. The fraction of sp³-hybridized carbons (Fsp3) is 0.333. The van der Waals surface area contributed by atoms with Crippen molar-refractivity contribution in [3.63, 3.8) is 0 Å². The van der Waals surface area contributed by atoms with Gasteiger partial charge in [-0.05, 0) is 68.5 Å². The lowest BCUT2D eigenvalue weighted by molar-refractivity contribution is -0.158. The second-order valence-corrected chi connectivity index (χ2v) is 14.6. The van der Waals surface area contributed by atoms with Gasteiger partial charge in [0, 0.05) is 58.8 Å². The van der Waals surface area contributed by atoms with Gasteiger partial charge in [0.1, 0.15) is 58.1 Å². The van der Waals surface area contributed by atoms with E-state index < -0.39 is 53.4 Å². The van der Waals surface area contributed by atoms with E-state index in [4.69, 9.17) is 25.4 Å². The summed E-state index contributed by atoms with van der Waals surface area (Å²) in [6.45, 7) is 4.45. The Morgan fingerprint density at radius 1 is 1.18 bits per heavy atom. The largest absolute Gasteiger partial charge is 0.508 e. The summed E-state index contributed by atoms with van der Waals surface area (Å²) >= 11 is 0. The first kappa shape index (κ1) is 37.6. The summed E-state index contributed by atoms with van der Waals surface area (Å²) < 4.78 is 19.6. The number of rotatable bonds is 9. The lowest BCUT2D eigenvalue weighted by Gasteiger charge is -2.47. The highest BCUT2D eigenvalue weighted by Gasteiger charge is 2.52. The number of hydrogen-bond acceptors (Lipinski definition) is 13. The van der Waals surface area contributed by atoms with Crippen molar-refractivity contribution in [3.8, 4) is 17.2 Å². The predicted octanol–water partition coefficient (Wildman–Crippen LogP) is 3.66. The number of benzene rings is 2. The highest BCUT2D eigenvalue weighted by atomic mass is 16.6. The topological polar surface area (TPSA) is 223 Å². The Balaban J connectivity index is 1.54. The Labute approximate surface area is 317 Å². The maximum absolute atomic E-state index is 14.0. The minimum atomic E-state index is -1.31. The van der Waals surface area contributed by atoms with Crippen molar-refractivity contribution in [3.05, 3.63) is 134 Å². The first-order valence-electron chi connectivity index (χ1n) is 18.2. The molecule has 13 heteroatoms. The molecular formula is C42H46N4O9. The van der Waals surface area contributed by atoms with Crippen LogP contribution in [-0.2, 0) is 28.0 Å². The van der Waals surface area contributed by atoms with Gasteiger partial charge in [0.15, 0.2) is 5.43 Å². The van der Waals surface area contributed by atoms with Gasteiger partial charge in [-0.1, -0.05) is 42.5 Å². The maximum atomic E-state index is 14.0. The van der Waals surface area contributed by atoms with E-state index in [2.05, 4.69) is 10.6 Å². The highest BCUT2D eigenvalue weighted by Crippen LogP contribution is 2.58. The molecule has 0 bridgehead atoms. The van der Waals surface area contributed by atoms with Crippen LogP contribution in [0.3, 0.4) is 0 Å². The van der Waals surface area contributed by atoms with Gasteiger partial charge in [-0.25, -0.2) is 4.79 Å². The van der Waals surface area contributed by atoms with E-state index in [1.807, 2.05) is 43.5 Å². The van der Waals surface area contributed by atoms with Gasteiger partial charge >= 0.3 is 5.97 Å². The number of hydrogen-bond donors (Lipinski definition) is 8. The molecule has 2 aromatic carbocycles. The molecule has 0 saturated carbocycles. The molecule has 1 unspecified atom stereocenters. The van der Waals surface area contributed by atoms with Crippen molar-refractivity contribution >= 4 is 16.9 Å². The average molecular weight is 751 g/mol. The number of phenolic OH excluding ortho intramolecular Hbond substituents is 2. The van der Waals surface area contributed by atoms with E-state index in [9.17, 15) is 30.0 Å². The van der Waals surface area contributed by atoms with E-state index in [0.717, 1.165) is 11.6 Å². The van der Waals surface area contributed by atoms with E-state index in [-0.39, 0.29) is 46.4 Å². The zero-order valence-electron chi connectivity index (χ0n) is 30.9. The minimum absolute atomic E-state index is 0.0317. The molecule has 10 N–H and O–H groups in total. The van der Waals surface area contributed by atoms with Crippen molar-refractivity contribution in [2.75, 3.05) is 13.2 Å². The first-order valence-corrected chi connectivity index (χ1v) is 18.2. The number of nitrogens with two attached hydrogens (primary N) is 2. The summed E-state index contributed by atoms with van der Waals surface area (Å²) in [5, 5.41) is 50.7. The number of allylic oxidation sites excluding steroid dienone is 6. The van der Waals surface area contributed by atoms with Gasteiger partial charge < -0.3 is 56.4 Å². The first-order chi connectivity index (χ1) is 26.3. The number of nitrogens with one attached hydrogen (secondary N) is 2. The molecule has 3 aliphatic heterocycles. The summed E-state index contributed by atoms with van der Waals surface area (Å²) in [6, 6.07) is 7.67. The monoisotopic (exact) mass is 750 g/mol. The zero-order valence-corrected chi connectivity index (χ0v) is 30.9. The smallest absolute Gasteiger partial charge is 0.333 e.